The second-order valence-electron chi connectivity index (χ2n) is 4.29. The lowest BCUT2D eigenvalue weighted by Crippen LogP contribution is -2.18. The number of rotatable bonds is 5. The number of thiophene rings is 1. The maximum absolute atomic E-state index is 6.39. The Bertz CT molecular complexity index is 553. The van der Waals surface area contributed by atoms with Gasteiger partial charge in [0.1, 0.15) is 5.75 Å². The second kappa shape index (κ2) is 6.42. The van der Waals surface area contributed by atoms with Crippen LogP contribution in [-0.2, 0) is 0 Å². The van der Waals surface area contributed by atoms with Crippen molar-refractivity contribution in [3.05, 3.63) is 50.7 Å². The Kier molecular flexibility index (Phi) is 4.86. The zero-order valence-corrected chi connectivity index (χ0v) is 12.9. The van der Waals surface area contributed by atoms with E-state index in [1.165, 1.54) is 0 Å². The van der Waals surface area contributed by atoms with Crippen molar-refractivity contribution in [1.29, 1.82) is 0 Å². The number of aryl methyl sites for hydroxylation is 1. The molecular formula is C15H18ClNOS. The highest BCUT2D eigenvalue weighted by atomic mass is 35.5. The summed E-state index contributed by atoms with van der Waals surface area (Å²) in [5, 5.41) is 6.27. The molecule has 1 atom stereocenters. The molecule has 0 saturated heterocycles. The quantitative estimate of drug-likeness (QED) is 0.882. The minimum Gasteiger partial charge on any atom is -0.494 e. The van der Waals surface area contributed by atoms with Crippen LogP contribution in [0.2, 0.25) is 5.02 Å². The smallest absolute Gasteiger partial charge is 0.124 e. The van der Waals surface area contributed by atoms with Crippen molar-refractivity contribution in [3.63, 3.8) is 0 Å². The van der Waals surface area contributed by atoms with Crippen molar-refractivity contribution < 1.29 is 4.74 Å². The zero-order chi connectivity index (χ0) is 13.8. The third kappa shape index (κ3) is 2.94. The van der Waals surface area contributed by atoms with Gasteiger partial charge in [0.2, 0.25) is 0 Å². The fourth-order valence-corrected chi connectivity index (χ4v) is 3.51. The summed E-state index contributed by atoms with van der Waals surface area (Å²) in [6.07, 6.45) is 0. The second-order valence-corrected chi connectivity index (χ2v) is 5.58. The lowest BCUT2D eigenvalue weighted by Gasteiger charge is -2.19. The van der Waals surface area contributed by atoms with Crippen LogP contribution < -0.4 is 10.1 Å². The topological polar surface area (TPSA) is 21.3 Å². The summed E-state index contributed by atoms with van der Waals surface area (Å²) in [7, 11) is 1.94. The lowest BCUT2D eigenvalue weighted by molar-refractivity contribution is 0.334. The van der Waals surface area contributed by atoms with Crippen molar-refractivity contribution in [2.45, 2.75) is 19.9 Å². The Labute approximate surface area is 123 Å². The molecule has 0 saturated carbocycles. The SMILES string of the molecule is CCOc1ccccc1C(NC)c1scc(C)c1Cl. The van der Waals surface area contributed by atoms with Crippen LogP contribution in [0.5, 0.6) is 5.75 Å². The summed E-state index contributed by atoms with van der Waals surface area (Å²) in [6, 6.07) is 8.16. The maximum atomic E-state index is 6.39. The van der Waals surface area contributed by atoms with Gasteiger partial charge in [-0.25, -0.2) is 0 Å². The van der Waals surface area contributed by atoms with Gasteiger partial charge in [-0.3, -0.25) is 0 Å². The van der Waals surface area contributed by atoms with E-state index in [9.17, 15) is 0 Å². The highest BCUT2D eigenvalue weighted by molar-refractivity contribution is 7.10. The Hall–Kier alpha value is -1.03. The standard InChI is InChI=1S/C15H18ClNOS/c1-4-18-12-8-6-5-7-11(12)14(17-3)15-13(16)10(2)9-19-15/h5-9,14,17H,4H2,1-3H3. The first-order chi connectivity index (χ1) is 9.19. The predicted molar refractivity (Wildman–Crippen MR) is 82.6 cm³/mol. The molecule has 1 aromatic carbocycles. The lowest BCUT2D eigenvalue weighted by atomic mass is 10.0. The molecule has 2 nitrogen and oxygen atoms in total. The number of benzene rings is 1. The Balaban J connectivity index is 2.45. The number of para-hydroxylation sites is 1. The van der Waals surface area contributed by atoms with E-state index >= 15 is 0 Å². The van der Waals surface area contributed by atoms with Gasteiger partial charge in [0, 0.05) is 10.4 Å². The molecule has 0 amide bonds. The molecule has 0 radical (unpaired) electrons. The van der Waals surface area contributed by atoms with Gasteiger partial charge in [-0.1, -0.05) is 29.8 Å². The van der Waals surface area contributed by atoms with Crippen LogP contribution in [0, 0.1) is 6.92 Å². The van der Waals surface area contributed by atoms with Crippen molar-refractivity contribution in [1.82, 2.24) is 5.32 Å². The molecule has 102 valence electrons. The number of ether oxygens (including phenoxy) is 1. The molecular weight excluding hydrogens is 278 g/mol. The van der Waals surface area contributed by atoms with Crippen LogP contribution in [0.25, 0.3) is 0 Å². The molecule has 0 aliphatic carbocycles. The Morgan fingerprint density at radius 3 is 2.68 bits per heavy atom. The van der Waals surface area contributed by atoms with Gasteiger partial charge < -0.3 is 10.1 Å². The van der Waals surface area contributed by atoms with Crippen LogP contribution in [0.4, 0.5) is 0 Å². The van der Waals surface area contributed by atoms with E-state index in [0.29, 0.717) is 6.61 Å². The first kappa shape index (κ1) is 14.4. The summed E-state index contributed by atoms with van der Waals surface area (Å²) in [5.74, 6) is 0.909. The fraction of sp³-hybridized carbons (Fsp3) is 0.333. The normalized spacial score (nSPS) is 12.4. The van der Waals surface area contributed by atoms with E-state index in [-0.39, 0.29) is 6.04 Å². The Morgan fingerprint density at radius 1 is 1.37 bits per heavy atom. The summed E-state index contributed by atoms with van der Waals surface area (Å²) >= 11 is 8.07. The average molecular weight is 296 g/mol. The molecule has 1 heterocycles. The minimum absolute atomic E-state index is 0.0638. The highest BCUT2D eigenvalue weighted by Crippen LogP contribution is 2.38. The van der Waals surface area contributed by atoms with E-state index < -0.39 is 0 Å². The molecule has 0 spiro atoms. The molecule has 1 N–H and O–H groups in total. The zero-order valence-electron chi connectivity index (χ0n) is 11.4. The van der Waals surface area contributed by atoms with Crippen molar-refractivity contribution in [2.24, 2.45) is 0 Å². The van der Waals surface area contributed by atoms with Gasteiger partial charge in [-0.2, -0.15) is 0 Å². The minimum atomic E-state index is 0.0638. The van der Waals surface area contributed by atoms with Gasteiger partial charge in [-0.15, -0.1) is 11.3 Å². The van der Waals surface area contributed by atoms with E-state index in [1.54, 1.807) is 11.3 Å². The molecule has 0 aliphatic rings. The van der Waals surface area contributed by atoms with Crippen LogP contribution in [0.3, 0.4) is 0 Å². The third-order valence-corrected chi connectivity index (χ3v) is 4.78. The number of halogens is 1. The average Bonchev–Trinajstić information content (AvgIpc) is 2.74. The summed E-state index contributed by atoms with van der Waals surface area (Å²) in [4.78, 5) is 1.13. The molecule has 2 aromatic rings. The summed E-state index contributed by atoms with van der Waals surface area (Å²) in [6.45, 7) is 4.68. The van der Waals surface area contributed by atoms with Crippen molar-refractivity contribution in [2.75, 3.05) is 13.7 Å². The maximum Gasteiger partial charge on any atom is 0.124 e. The van der Waals surface area contributed by atoms with Crippen molar-refractivity contribution in [3.8, 4) is 5.75 Å². The molecule has 1 unspecified atom stereocenters. The van der Waals surface area contributed by atoms with Crippen LogP contribution in [0.15, 0.2) is 29.6 Å². The van der Waals surface area contributed by atoms with Gasteiger partial charge in [0.05, 0.1) is 17.7 Å². The molecule has 1 aromatic heterocycles. The predicted octanol–water partition coefficient (Wildman–Crippen LogP) is 4.42. The first-order valence-electron chi connectivity index (χ1n) is 6.31. The van der Waals surface area contributed by atoms with Crippen LogP contribution in [-0.4, -0.2) is 13.7 Å². The van der Waals surface area contributed by atoms with Crippen LogP contribution in [0.1, 0.15) is 29.0 Å². The van der Waals surface area contributed by atoms with E-state index in [1.807, 2.05) is 39.1 Å². The first-order valence-corrected chi connectivity index (χ1v) is 7.57. The fourth-order valence-electron chi connectivity index (χ4n) is 2.08. The van der Waals surface area contributed by atoms with E-state index in [0.717, 1.165) is 26.8 Å². The summed E-state index contributed by atoms with van der Waals surface area (Å²) < 4.78 is 5.71. The molecule has 19 heavy (non-hydrogen) atoms. The van der Waals surface area contributed by atoms with Crippen molar-refractivity contribution >= 4 is 22.9 Å². The number of nitrogens with one attached hydrogen (secondary N) is 1. The number of hydrogen-bond acceptors (Lipinski definition) is 3. The Morgan fingerprint density at radius 2 is 2.11 bits per heavy atom. The number of hydrogen-bond donors (Lipinski definition) is 1. The summed E-state index contributed by atoms with van der Waals surface area (Å²) in [5.41, 5.74) is 2.24. The van der Waals surface area contributed by atoms with Crippen LogP contribution >= 0.6 is 22.9 Å². The molecule has 0 bridgehead atoms. The molecule has 0 aliphatic heterocycles. The molecule has 0 fully saturated rings. The molecule has 4 heteroatoms. The van der Waals surface area contributed by atoms with E-state index in [2.05, 4.69) is 16.8 Å². The largest absolute Gasteiger partial charge is 0.494 e. The van der Waals surface area contributed by atoms with Gasteiger partial charge in [0.15, 0.2) is 0 Å². The highest BCUT2D eigenvalue weighted by Gasteiger charge is 2.21. The third-order valence-electron chi connectivity index (χ3n) is 3.01. The van der Waals surface area contributed by atoms with Gasteiger partial charge in [0.25, 0.3) is 0 Å². The monoisotopic (exact) mass is 295 g/mol. The van der Waals surface area contributed by atoms with Gasteiger partial charge in [-0.05, 0) is 37.9 Å². The molecule has 2 rings (SSSR count). The van der Waals surface area contributed by atoms with E-state index in [4.69, 9.17) is 16.3 Å². The van der Waals surface area contributed by atoms with Gasteiger partial charge >= 0.3 is 0 Å².